The lowest BCUT2D eigenvalue weighted by Gasteiger charge is -2.26. The highest BCUT2D eigenvalue weighted by atomic mass is 32.2. The monoisotopic (exact) mass is 273 g/mol. The van der Waals surface area contributed by atoms with Crippen molar-refractivity contribution in [2.24, 2.45) is 0 Å². The summed E-state index contributed by atoms with van der Waals surface area (Å²) in [7, 11) is -4.03. The van der Waals surface area contributed by atoms with E-state index < -0.39 is 26.6 Å². The van der Waals surface area contributed by atoms with E-state index in [1.54, 1.807) is 0 Å². The first-order chi connectivity index (χ1) is 8.41. The second-order valence-electron chi connectivity index (χ2n) is 3.88. The molecular formula is C10H12FN3O3S. The van der Waals surface area contributed by atoms with Gasteiger partial charge in [-0.05, 0) is 18.2 Å². The Balaban J connectivity index is 2.41. The normalized spacial score (nSPS) is 17.5. The molecule has 8 heteroatoms. The maximum atomic E-state index is 13.6. The maximum absolute atomic E-state index is 13.6. The van der Waals surface area contributed by atoms with Gasteiger partial charge in [-0.15, -0.1) is 0 Å². The second kappa shape index (κ2) is 4.54. The van der Waals surface area contributed by atoms with Crippen molar-refractivity contribution in [1.82, 2.24) is 9.62 Å². The van der Waals surface area contributed by atoms with Crippen molar-refractivity contribution in [3.05, 3.63) is 24.0 Å². The summed E-state index contributed by atoms with van der Waals surface area (Å²) in [6.45, 7) is 0.0148. The van der Waals surface area contributed by atoms with Gasteiger partial charge in [0.05, 0.1) is 6.54 Å². The van der Waals surface area contributed by atoms with E-state index in [-0.39, 0.29) is 25.3 Å². The maximum Gasteiger partial charge on any atom is 0.246 e. The first kappa shape index (κ1) is 12.8. The van der Waals surface area contributed by atoms with Gasteiger partial charge >= 0.3 is 0 Å². The lowest BCUT2D eigenvalue weighted by Crippen LogP contribution is -2.49. The van der Waals surface area contributed by atoms with Crippen LogP contribution in [0, 0.1) is 5.82 Å². The molecule has 0 unspecified atom stereocenters. The number of carbonyl (C=O) groups excluding carboxylic acids is 1. The van der Waals surface area contributed by atoms with Crippen LogP contribution in [0.1, 0.15) is 0 Å². The highest BCUT2D eigenvalue weighted by Gasteiger charge is 2.31. The van der Waals surface area contributed by atoms with Crippen molar-refractivity contribution in [2.75, 3.05) is 25.4 Å². The molecule has 0 bridgehead atoms. The molecule has 1 heterocycles. The number of rotatable bonds is 2. The third kappa shape index (κ3) is 2.29. The minimum absolute atomic E-state index is 0.113. The summed E-state index contributed by atoms with van der Waals surface area (Å²) in [4.78, 5) is 10.7. The van der Waals surface area contributed by atoms with Gasteiger partial charge in [0.2, 0.25) is 15.9 Å². The van der Waals surface area contributed by atoms with Gasteiger partial charge in [0.25, 0.3) is 0 Å². The first-order valence-electron chi connectivity index (χ1n) is 5.23. The lowest BCUT2D eigenvalue weighted by molar-refractivity contribution is -0.122. The number of hydrogen-bond acceptors (Lipinski definition) is 4. The van der Waals surface area contributed by atoms with Crippen LogP contribution < -0.4 is 11.1 Å². The Morgan fingerprint density at radius 2 is 2.11 bits per heavy atom. The van der Waals surface area contributed by atoms with E-state index in [9.17, 15) is 17.6 Å². The average molecular weight is 273 g/mol. The van der Waals surface area contributed by atoms with E-state index in [2.05, 4.69) is 5.32 Å². The predicted molar refractivity (Wildman–Crippen MR) is 62.6 cm³/mol. The third-order valence-electron chi connectivity index (χ3n) is 2.58. The zero-order chi connectivity index (χ0) is 13.3. The molecule has 1 aromatic rings. The van der Waals surface area contributed by atoms with Crippen LogP contribution in [0.2, 0.25) is 0 Å². The zero-order valence-corrected chi connectivity index (χ0v) is 10.2. The number of nitrogens with one attached hydrogen (secondary N) is 1. The molecule has 0 radical (unpaired) electrons. The summed E-state index contributed by atoms with van der Waals surface area (Å²) in [6.07, 6.45) is 0. The van der Waals surface area contributed by atoms with Crippen LogP contribution in [0.4, 0.5) is 10.1 Å². The summed E-state index contributed by atoms with van der Waals surface area (Å²) in [5.41, 5.74) is 5.60. The van der Waals surface area contributed by atoms with E-state index in [1.165, 1.54) is 6.07 Å². The number of nitrogen functional groups attached to an aromatic ring is 1. The molecule has 3 N–H and O–H groups in total. The quantitative estimate of drug-likeness (QED) is 0.712. The fourth-order valence-electron chi connectivity index (χ4n) is 1.68. The number of carbonyl (C=O) groups is 1. The Labute approximate surface area is 104 Å². The minimum atomic E-state index is -4.03. The lowest BCUT2D eigenvalue weighted by atomic mass is 10.3. The topological polar surface area (TPSA) is 92.5 Å². The Bertz CT molecular complexity index is 588. The second-order valence-corrected chi connectivity index (χ2v) is 5.78. The predicted octanol–water partition coefficient (Wildman–Crippen LogP) is -0.472. The van der Waals surface area contributed by atoms with Crippen molar-refractivity contribution in [3.63, 3.8) is 0 Å². The molecule has 1 amide bonds. The largest absolute Gasteiger partial charge is 0.399 e. The van der Waals surface area contributed by atoms with Crippen LogP contribution in [0.3, 0.4) is 0 Å². The highest BCUT2D eigenvalue weighted by molar-refractivity contribution is 7.89. The van der Waals surface area contributed by atoms with Crippen molar-refractivity contribution in [3.8, 4) is 0 Å². The standard InChI is InChI=1S/C10H12FN3O3S/c11-8-2-1-7(12)5-9(8)18(16,17)14-4-3-13-10(15)6-14/h1-2,5H,3-4,6,12H2,(H,13,15). The van der Waals surface area contributed by atoms with Crippen molar-refractivity contribution < 1.29 is 17.6 Å². The molecule has 0 atom stereocenters. The molecule has 0 aliphatic carbocycles. The summed E-state index contributed by atoms with van der Waals surface area (Å²) in [5.74, 6) is -1.29. The van der Waals surface area contributed by atoms with Crippen LogP contribution in [-0.2, 0) is 14.8 Å². The molecule has 0 spiro atoms. The van der Waals surface area contributed by atoms with E-state index in [0.717, 1.165) is 16.4 Å². The summed E-state index contributed by atoms with van der Waals surface area (Å²) < 4.78 is 38.8. The van der Waals surface area contributed by atoms with Gasteiger partial charge in [0, 0.05) is 18.8 Å². The molecule has 1 aliphatic rings. The van der Waals surface area contributed by atoms with Crippen LogP contribution in [0.25, 0.3) is 0 Å². The number of hydrogen-bond donors (Lipinski definition) is 2. The Morgan fingerprint density at radius 3 is 2.78 bits per heavy atom. The molecule has 1 saturated heterocycles. The molecule has 1 fully saturated rings. The van der Waals surface area contributed by atoms with Gasteiger partial charge in [0.1, 0.15) is 10.7 Å². The Kier molecular flexibility index (Phi) is 3.22. The van der Waals surface area contributed by atoms with Gasteiger partial charge < -0.3 is 11.1 Å². The molecule has 0 saturated carbocycles. The number of amides is 1. The van der Waals surface area contributed by atoms with Crippen LogP contribution >= 0.6 is 0 Å². The number of sulfonamides is 1. The van der Waals surface area contributed by atoms with Gasteiger partial charge in [-0.2, -0.15) is 4.31 Å². The van der Waals surface area contributed by atoms with Crippen molar-refractivity contribution in [2.45, 2.75) is 4.90 Å². The summed E-state index contributed by atoms with van der Waals surface area (Å²) in [6, 6.07) is 3.32. The van der Waals surface area contributed by atoms with E-state index in [0.29, 0.717) is 0 Å². The van der Waals surface area contributed by atoms with E-state index >= 15 is 0 Å². The first-order valence-corrected chi connectivity index (χ1v) is 6.67. The zero-order valence-electron chi connectivity index (χ0n) is 9.39. The number of benzene rings is 1. The average Bonchev–Trinajstić information content (AvgIpc) is 2.32. The fourth-order valence-corrected chi connectivity index (χ4v) is 3.17. The number of piperazine rings is 1. The van der Waals surface area contributed by atoms with E-state index in [1.807, 2.05) is 0 Å². The van der Waals surface area contributed by atoms with Crippen LogP contribution in [-0.4, -0.2) is 38.3 Å². The Hall–Kier alpha value is -1.67. The third-order valence-corrected chi connectivity index (χ3v) is 4.44. The molecule has 1 aliphatic heterocycles. The highest BCUT2D eigenvalue weighted by Crippen LogP contribution is 2.22. The molecule has 2 rings (SSSR count). The number of halogens is 1. The Morgan fingerprint density at radius 1 is 1.39 bits per heavy atom. The minimum Gasteiger partial charge on any atom is -0.399 e. The number of anilines is 1. The van der Waals surface area contributed by atoms with Crippen molar-refractivity contribution >= 4 is 21.6 Å². The summed E-state index contributed by atoms with van der Waals surface area (Å²) in [5, 5.41) is 2.50. The van der Waals surface area contributed by atoms with E-state index in [4.69, 9.17) is 5.73 Å². The molecule has 18 heavy (non-hydrogen) atoms. The van der Waals surface area contributed by atoms with Crippen LogP contribution in [0.15, 0.2) is 23.1 Å². The van der Waals surface area contributed by atoms with Gasteiger partial charge in [0.15, 0.2) is 0 Å². The fraction of sp³-hybridized carbons (Fsp3) is 0.300. The molecule has 98 valence electrons. The molecule has 0 aromatic heterocycles. The number of nitrogens with two attached hydrogens (primary N) is 1. The molecular weight excluding hydrogens is 261 g/mol. The molecule has 1 aromatic carbocycles. The SMILES string of the molecule is Nc1ccc(F)c(S(=O)(=O)N2CCNC(=O)C2)c1. The van der Waals surface area contributed by atoms with Gasteiger partial charge in [-0.1, -0.05) is 0 Å². The van der Waals surface area contributed by atoms with Gasteiger partial charge in [-0.25, -0.2) is 12.8 Å². The summed E-state index contributed by atoms with van der Waals surface area (Å²) >= 11 is 0. The van der Waals surface area contributed by atoms with Crippen molar-refractivity contribution in [1.29, 1.82) is 0 Å². The number of nitrogens with zero attached hydrogens (tertiary/aromatic N) is 1. The molecule has 6 nitrogen and oxygen atoms in total. The van der Waals surface area contributed by atoms with Crippen LogP contribution in [0.5, 0.6) is 0 Å². The van der Waals surface area contributed by atoms with Gasteiger partial charge in [-0.3, -0.25) is 4.79 Å². The smallest absolute Gasteiger partial charge is 0.246 e.